The summed E-state index contributed by atoms with van der Waals surface area (Å²) in [5, 5.41) is 5.53. The predicted octanol–water partition coefficient (Wildman–Crippen LogP) is 2.97. The summed E-state index contributed by atoms with van der Waals surface area (Å²) >= 11 is 0. The van der Waals surface area contributed by atoms with E-state index in [1.165, 1.54) is 6.08 Å². The average Bonchev–Trinajstić information content (AvgIpc) is 3.17. The summed E-state index contributed by atoms with van der Waals surface area (Å²) in [4.78, 5) is 32.2. The lowest BCUT2D eigenvalue weighted by molar-refractivity contribution is -0.127. The van der Waals surface area contributed by atoms with Crippen LogP contribution in [0.4, 0.5) is 0 Å². The van der Waals surface area contributed by atoms with Gasteiger partial charge in [-0.25, -0.2) is 4.98 Å². The van der Waals surface area contributed by atoms with Gasteiger partial charge in [0, 0.05) is 6.08 Å². The van der Waals surface area contributed by atoms with Crippen LogP contribution in [0.3, 0.4) is 0 Å². The number of H-pyrrole nitrogens is 1. The Morgan fingerprint density at radius 1 is 1.07 bits per heavy atom. The largest absolute Gasteiger partial charge is 0.497 e. The SMILES string of the molecule is COc1ccc(/C=C/C(=O)NC(C)C(=O)NC(C)c2nc3ccccc3[nH]2)cc1. The molecule has 7 nitrogen and oxygen atoms in total. The van der Waals surface area contributed by atoms with Gasteiger partial charge in [-0.3, -0.25) is 9.59 Å². The molecule has 0 fully saturated rings. The third-order valence-corrected chi connectivity index (χ3v) is 4.47. The molecule has 0 aliphatic carbocycles. The summed E-state index contributed by atoms with van der Waals surface area (Å²) in [6, 6.07) is 14.0. The molecule has 2 amide bonds. The van der Waals surface area contributed by atoms with Crippen molar-refractivity contribution in [3.05, 3.63) is 66.0 Å². The van der Waals surface area contributed by atoms with E-state index in [-0.39, 0.29) is 17.9 Å². The van der Waals surface area contributed by atoms with Crippen molar-refractivity contribution < 1.29 is 14.3 Å². The molecule has 7 heteroatoms. The number of aromatic nitrogens is 2. The van der Waals surface area contributed by atoms with E-state index in [4.69, 9.17) is 4.74 Å². The molecule has 0 aliphatic rings. The summed E-state index contributed by atoms with van der Waals surface area (Å²) in [5.41, 5.74) is 2.61. The molecule has 2 atom stereocenters. The number of aromatic amines is 1. The standard InChI is InChI=1S/C22H24N4O3/c1-14(21-25-18-6-4-5-7-19(18)26-21)24-22(28)15(2)23-20(27)13-10-16-8-11-17(29-3)12-9-16/h4-15H,1-3H3,(H,23,27)(H,24,28)(H,25,26)/b13-10+. The second-order valence-electron chi connectivity index (χ2n) is 6.71. The highest BCUT2D eigenvalue weighted by atomic mass is 16.5. The van der Waals surface area contributed by atoms with Gasteiger partial charge in [0.1, 0.15) is 17.6 Å². The topological polar surface area (TPSA) is 96.1 Å². The molecule has 1 heterocycles. The fourth-order valence-electron chi connectivity index (χ4n) is 2.80. The van der Waals surface area contributed by atoms with Crippen molar-refractivity contribution in [2.24, 2.45) is 0 Å². The number of nitrogens with one attached hydrogen (secondary N) is 3. The number of rotatable bonds is 7. The van der Waals surface area contributed by atoms with Crippen LogP contribution in [0.15, 0.2) is 54.6 Å². The lowest BCUT2D eigenvalue weighted by Crippen LogP contribution is -2.45. The molecule has 3 aromatic rings. The molecule has 1 aromatic heterocycles. The second-order valence-corrected chi connectivity index (χ2v) is 6.71. The van der Waals surface area contributed by atoms with E-state index in [9.17, 15) is 9.59 Å². The van der Waals surface area contributed by atoms with Gasteiger partial charge in [0.2, 0.25) is 11.8 Å². The van der Waals surface area contributed by atoms with Gasteiger partial charge in [-0.05, 0) is 49.8 Å². The maximum Gasteiger partial charge on any atom is 0.244 e. The minimum atomic E-state index is -0.685. The molecule has 150 valence electrons. The minimum absolute atomic E-state index is 0.288. The Hall–Kier alpha value is -3.61. The van der Waals surface area contributed by atoms with Crippen LogP contribution in [0, 0.1) is 0 Å². The van der Waals surface area contributed by atoms with Crippen LogP contribution in [0.25, 0.3) is 17.1 Å². The van der Waals surface area contributed by atoms with Crippen molar-refractivity contribution in [3.63, 3.8) is 0 Å². The number of carbonyl (C=O) groups excluding carboxylic acids is 2. The number of benzene rings is 2. The van der Waals surface area contributed by atoms with Gasteiger partial charge >= 0.3 is 0 Å². The van der Waals surface area contributed by atoms with E-state index in [2.05, 4.69) is 20.6 Å². The molecule has 2 aromatic carbocycles. The molecule has 3 N–H and O–H groups in total. The summed E-state index contributed by atoms with van der Waals surface area (Å²) in [7, 11) is 1.60. The molecule has 0 saturated heterocycles. The molecule has 0 bridgehead atoms. The lowest BCUT2D eigenvalue weighted by atomic mass is 10.2. The first-order valence-corrected chi connectivity index (χ1v) is 9.34. The normalized spacial score (nSPS) is 13.2. The quantitative estimate of drug-likeness (QED) is 0.539. The van der Waals surface area contributed by atoms with Crippen LogP contribution in [0.1, 0.15) is 31.3 Å². The van der Waals surface area contributed by atoms with Crippen LogP contribution < -0.4 is 15.4 Å². The van der Waals surface area contributed by atoms with E-state index < -0.39 is 6.04 Å². The Kier molecular flexibility index (Phi) is 6.29. The molecule has 3 rings (SSSR count). The van der Waals surface area contributed by atoms with Crippen LogP contribution in [-0.4, -0.2) is 34.9 Å². The first-order valence-electron chi connectivity index (χ1n) is 9.34. The second kappa shape index (κ2) is 9.05. The molecule has 2 unspecified atom stereocenters. The molecule has 0 saturated carbocycles. The number of fused-ring (bicyclic) bond motifs is 1. The number of hydrogen-bond acceptors (Lipinski definition) is 4. The van der Waals surface area contributed by atoms with E-state index in [0.717, 1.165) is 22.3 Å². The summed E-state index contributed by atoms with van der Waals surface area (Å²) < 4.78 is 5.10. The highest BCUT2D eigenvalue weighted by Crippen LogP contribution is 2.15. The number of para-hydroxylation sites is 2. The zero-order valence-electron chi connectivity index (χ0n) is 16.6. The first-order chi connectivity index (χ1) is 14.0. The van der Waals surface area contributed by atoms with Gasteiger partial charge in [-0.15, -0.1) is 0 Å². The van der Waals surface area contributed by atoms with Crippen molar-refractivity contribution >= 4 is 28.9 Å². The zero-order valence-corrected chi connectivity index (χ0v) is 16.6. The number of methoxy groups -OCH3 is 1. The first kappa shape index (κ1) is 20.1. The predicted molar refractivity (Wildman–Crippen MR) is 112 cm³/mol. The maximum atomic E-state index is 12.4. The van der Waals surface area contributed by atoms with Gasteiger partial charge in [0.05, 0.1) is 24.2 Å². The average molecular weight is 392 g/mol. The van der Waals surface area contributed by atoms with E-state index in [1.807, 2.05) is 55.5 Å². The smallest absolute Gasteiger partial charge is 0.244 e. The molecule has 0 radical (unpaired) electrons. The number of imidazole rings is 1. The Morgan fingerprint density at radius 2 is 1.79 bits per heavy atom. The van der Waals surface area contributed by atoms with Crippen molar-refractivity contribution in [1.29, 1.82) is 0 Å². The summed E-state index contributed by atoms with van der Waals surface area (Å²) in [6.07, 6.45) is 3.07. The van der Waals surface area contributed by atoms with Gasteiger partial charge in [0.25, 0.3) is 0 Å². The number of carbonyl (C=O) groups is 2. The Bertz CT molecular complexity index is 991. The fraction of sp³-hybridized carbons (Fsp3) is 0.227. The number of ether oxygens (including phenoxy) is 1. The van der Waals surface area contributed by atoms with Gasteiger partial charge < -0.3 is 20.4 Å². The molecule has 0 aliphatic heterocycles. The van der Waals surface area contributed by atoms with Crippen LogP contribution in [-0.2, 0) is 9.59 Å². The van der Waals surface area contributed by atoms with Crippen molar-refractivity contribution in [1.82, 2.24) is 20.6 Å². The third-order valence-electron chi connectivity index (χ3n) is 4.47. The van der Waals surface area contributed by atoms with E-state index >= 15 is 0 Å². The van der Waals surface area contributed by atoms with Crippen LogP contribution in [0.2, 0.25) is 0 Å². The third kappa shape index (κ3) is 5.22. The molecular formula is C22H24N4O3. The molecular weight excluding hydrogens is 368 g/mol. The van der Waals surface area contributed by atoms with Crippen molar-refractivity contribution in [2.75, 3.05) is 7.11 Å². The zero-order chi connectivity index (χ0) is 20.8. The monoisotopic (exact) mass is 392 g/mol. The van der Waals surface area contributed by atoms with Gasteiger partial charge in [0.15, 0.2) is 0 Å². The summed E-state index contributed by atoms with van der Waals surface area (Å²) in [6.45, 7) is 3.48. The fourth-order valence-corrected chi connectivity index (χ4v) is 2.80. The van der Waals surface area contributed by atoms with Gasteiger partial charge in [-0.1, -0.05) is 24.3 Å². The number of hydrogen-bond donors (Lipinski definition) is 3. The summed E-state index contributed by atoms with van der Waals surface area (Å²) in [5.74, 6) is 0.775. The number of amides is 2. The van der Waals surface area contributed by atoms with E-state index in [0.29, 0.717) is 5.82 Å². The Balaban J connectivity index is 1.53. The van der Waals surface area contributed by atoms with Crippen molar-refractivity contribution in [2.45, 2.75) is 25.9 Å². The highest BCUT2D eigenvalue weighted by Gasteiger charge is 2.19. The molecule has 29 heavy (non-hydrogen) atoms. The molecule has 0 spiro atoms. The Morgan fingerprint density at radius 3 is 2.48 bits per heavy atom. The van der Waals surface area contributed by atoms with Crippen LogP contribution >= 0.6 is 0 Å². The van der Waals surface area contributed by atoms with Crippen molar-refractivity contribution in [3.8, 4) is 5.75 Å². The number of nitrogens with zero attached hydrogens (tertiary/aromatic N) is 1. The maximum absolute atomic E-state index is 12.4. The van der Waals surface area contributed by atoms with Gasteiger partial charge in [-0.2, -0.15) is 0 Å². The lowest BCUT2D eigenvalue weighted by Gasteiger charge is -2.16. The Labute approximate surface area is 169 Å². The van der Waals surface area contributed by atoms with E-state index in [1.54, 1.807) is 20.1 Å². The minimum Gasteiger partial charge on any atom is -0.497 e. The highest BCUT2D eigenvalue weighted by molar-refractivity contribution is 5.95. The van der Waals surface area contributed by atoms with Crippen LogP contribution in [0.5, 0.6) is 5.75 Å².